The Kier molecular flexibility index (Phi) is 5.39. The van der Waals surface area contributed by atoms with E-state index in [4.69, 9.17) is 4.74 Å². The minimum atomic E-state index is -0.657. The van der Waals surface area contributed by atoms with Crippen LogP contribution in [0.1, 0.15) is 37.8 Å². The normalized spacial score (nSPS) is 15.6. The third kappa shape index (κ3) is 3.33. The Morgan fingerprint density at radius 2 is 1.75 bits per heavy atom. The maximum Gasteiger partial charge on any atom is 0.336 e. The molecule has 0 amide bonds. The molecule has 0 aliphatic carbocycles. The van der Waals surface area contributed by atoms with Gasteiger partial charge in [0, 0.05) is 24.5 Å². The van der Waals surface area contributed by atoms with Gasteiger partial charge in [-0.3, -0.25) is 14.8 Å². The Hall–Kier alpha value is -3.29. The van der Waals surface area contributed by atoms with Gasteiger partial charge in [0.15, 0.2) is 0 Å². The maximum atomic E-state index is 12.6. The maximum absolute atomic E-state index is 12.6. The van der Waals surface area contributed by atoms with E-state index >= 15 is 0 Å². The van der Waals surface area contributed by atoms with Crippen LogP contribution >= 0.6 is 0 Å². The van der Waals surface area contributed by atoms with E-state index in [9.17, 15) is 14.4 Å². The number of carbonyl (C=O) groups is 1. The van der Waals surface area contributed by atoms with E-state index in [1.54, 1.807) is 6.92 Å². The number of H-pyrrole nitrogens is 2. The Bertz CT molecular complexity index is 1030. The molecule has 1 aliphatic heterocycles. The first-order chi connectivity index (χ1) is 13.4. The number of aromatic nitrogens is 2. The molecule has 8 nitrogen and oxygen atoms in total. The van der Waals surface area contributed by atoms with E-state index < -0.39 is 23.1 Å². The van der Waals surface area contributed by atoms with Crippen molar-refractivity contribution in [3.63, 3.8) is 0 Å². The highest BCUT2D eigenvalue weighted by molar-refractivity contribution is 5.94. The number of carbonyl (C=O) groups excluding carboxylic acids is 1. The standard InChI is InChI=1S/C20H24N4O4/c1-5-24(6-2)13-9-7-12(8-10-13)15-14(19(26)28-4)11(3)21-17-16(15)18(25)23-20(27)22-17/h7-10,15H,5-6H2,1-4H3,(H3,21,22,23,25,27). The highest BCUT2D eigenvalue weighted by Gasteiger charge is 2.35. The van der Waals surface area contributed by atoms with Gasteiger partial charge < -0.3 is 15.0 Å². The van der Waals surface area contributed by atoms with Gasteiger partial charge in [0.2, 0.25) is 0 Å². The molecule has 1 unspecified atom stereocenters. The molecular weight excluding hydrogens is 360 g/mol. The van der Waals surface area contributed by atoms with Crippen molar-refractivity contribution in [2.24, 2.45) is 0 Å². The molecule has 3 rings (SSSR count). The second kappa shape index (κ2) is 7.75. The van der Waals surface area contributed by atoms with Crippen LogP contribution in [0.15, 0.2) is 45.1 Å². The molecule has 0 saturated carbocycles. The molecule has 28 heavy (non-hydrogen) atoms. The van der Waals surface area contributed by atoms with Crippen LogP contribution in [0.5, 0.6) is 0 Å². The van der Waals surface area contributed by atoms with Gasteiger partial charge in [0.25, 0.3) is 5.56 Å². The molecule has 1 aromatic carbocycles. The Morgan fingerprint density at radius 1 is 1.11 bits per heavy atom. The SMILES string of the molecule is CCN(CC)c1ccc(C2C(C(=O)OC)=C(C)Nc3[nH]c(=O)[nH]c(=O)c32)cc1. The van der Waals surface area contributed by atoms with Crippen LogP contribution in [0, 0.1) is 0 Å². The number of ether oxygens (including phenoxy) is 1. The number of esters is 1. The van der Waals surface area contributed by atoms with Crippen LogP contribution in [0.3, 0.4) is 0 Å². The van der Waals surface area contributed by atoms with Crippen molar-refractivity contribution in [2.45, 2.75) is 26.7 Å². The fourth-order valence-electron chi connectivity index (χ4n) is 3.67. The van der Waals surface area contributed by atoms with Gasteiger partial charge in [0.1, 0.15) is 5.82 Å². The predicted molar refractivity (Wildman–Crippen MR) is 108 cm³/mol. The molecule has 1 aromatic heterocycles. The van der Waals surface area contributed by atoms with E-state index in [0.29, 0.717) is 11.3 Å². The van der Waals surface area contributed by atoms with Crippen molar-refractivity contribution in [1.82, 2.24) is 9.97 Å². The van der Waals surface area contributed by atoms with Crippen LogP contribution in [0.2, 0.25) is 0 Å². The van der Waals surface area contributed by atoms with Crippen molar-refractivity contribution in [3.05, 3.63) is 67.5 Å². The molecule has 148 valence electrons. The quantitative estimate of drug-likeness (QED) is 0.680. The average molecular weight is 384 g/mol. The van der Waals surface area contributed by atoms with E-state index in [-0.39, 0.29) is 11.4 Å². The first kappa shape index (κ1) is 19.5. The molecule has 0 spiro atoms. The van der Waals surface area contributed by atoms with Gasteiger partial charge in [-0.15, -0.1) is 0 Å². The van der Waals surface area contributed by atoms with Gasteiger partial charge in [0.05, 0.1) is 24.2 Å². The third-order valence-corrected chi connectivity index (χ3v) is 5.03. The molecule has 3 N–H and O–H groups in total. The number of nitrogens with one attached hydrogen (secondary N) is 3. The van der Waals surface area contributed by atoms with Crippen LogP contribution in [-0.4, -0.2) is 36.1 Å². The summed E-state index contributed by atoms with van der Waals surface area (Å²) in [7, 11) is 1.30. The van der Waals surface area contributed by atoms with E-state index in [2.05, 4.69) is 34.0 Å². The molecule has 2 aromatic rings. The number of fused-ring (bicyclic) bond motifs is 1. The molecule has 1 aliphatic rings. The number of benzene rings is 1. The molecule has 8 heteroatoms. The Morgan fingerprint density at radius 3 is 2.32 bits per heavy atom. The number of rotatable bonds is 5. The zero-order valence-electron chi connectivity index (χ0n) is 16.4. The van der Waals surface area contributed by atoms with Gasteiger partial charge in [-0.2, -0.15) is 0 Å². The zero-order chi connectivity index (χ0) is 20.4. The monoisotopic (exact) mass is 384 g/mol. The lowest BCUT2D eigenvalue weighted by molar-refractivity contribution is -0.136. The number of methoxy groups -OCH3 is 1. The molecular formula is C20H24N4O4. The lowest BCUT2D eigenvalue weighted by atomic mass is 9.82. The minimum absolute atomic E-state index is 0.279. The van der Waals surface area contributed by atoms with Crippen LogP contribution < -0.4 is 21.5 Å². The van der Waals surface area contributed by atoms with Gasteiger partial charge in [-0.1, -0.05) is 12.1 Å². The lowest BCUT2D eigenvalue weighted by Crippen LogP contribution is -2.34. The van der Waals surface area contributed by atoms with Gasteiger partial charge >= 0.3 is 11.7 Å². The Balaban J connectivity index is 2.19. The summed E-state index contributed by atoms with van der Waals surface area (Å²) in [6.45, 7) is 7.63. The van der Waals surface area contributed by atoms with Crippen LogP contribution in [0.25, 0.3) is 0 Å². The molecule has 1 atom stereocenters. The summed E-state index contributed by atoms with van der Waals surface area (Å²) in [5.74, 6) is -0.897. The zero-order valence-corrected chi connectivity index (χ0v) is 16.4. The predicted octanol–water partition coefficient (Wildman–Crippen LogP) is 1.91. The molecule has 0 bridgehead atoms. The minimum Gasteiger partial charge on any atom is -0.466 e. The molecule has 2 heterocycles. The molecule has 0 radical (unpaired) electrons. The Labute approximate surface area is 162 Å². The van der Waals surface area contributed by atoms with Crippen LogP contribution in [-0.2, 0) is 9.53 Å². The fraction of sp³-hybridized carbons (Fsp3) is 0.350. The summed E-state index contributed by atoms with van der Waals surface area (Å²) in [6, 6.07) is 7.73. The van der Waals surface area contributed by atoms with Gasteiger partial charge in [-0.25, -0.2) is 9.59 Å². The smallest absolute Gasteiger partial charge is 0.336 e. The first-order valence-electron chi connectivity index (χ1n) is 9.18. The van der Waals surface area contributed by atoms with Crippen molar-refractivity contribution >= 4 is 17.5 Å². The highest BCUT2D eigenvalue weighted by Crippen LogP contribution is 2.39. The number of aromatic amines is 2. The van der Waals surface area contributed by atoms with Gasteiger partial charge in [-0.05, 0) is 38.5 Å². The summed E-state index contributed by atoms with van der Waals surface area (Å²) in [6.07, 6.45) is 0. The number of nitrogens with zero attached hydrogens (tertiary/aromatic N) is 1. The summed E-state index contributed by atoms with van der Waals surface area (Å²) in [5, 5.41) is 2.95. The summed E-state index contributed by atoms with van der Waals surface area (Å²) in [4.78, 5) is 43.9. The van der Waals surface area contributed by atoms with E-state index in [0.717, 1.165) is 24.3 Å². The second-order valence-corrected chi connectivity index (χ2v) is 6.55. The van der Waals surface area contributed by atoms with Crippen LogP contribution in [0.4, 0.5) is 11.5 Å². The number of hydrogen-bond donors (Lipinski definition) is 3. The topological polar surface area (TPSA) is 107 Å². The van der Waals surface area contributed by atoms with Crippen molar-refractivity contribution in [3.8, 4) is 0 Å². The van der Waals surface area contributed by atoms with Crippen molar-refractivity contribution < 1.29 is 9.53 Å². The molecule has 0 saturated heterocycles. The highest BCUT2D eigenvalue weighted by atomic mass is 16.5. The van der Waals surface area contributed by atoms with E-state index in [1.807, 2.05) is 24.3 Å². The summed E-state index contributed by atoms with van der Waals surface area (Å²) in [5.41, 5.74) is 1.80. The number of anilines is 2. The number of hydrogen-bond acceptors (Lipinski definition) is 6. The van der Waals surface area contributed by atoms with E-state index in [1.165, 1.54) is 7.11 Å². The largest absolute Gasteiger partial charge is 0.466 e. The fourth-order valence-corrected chi connectivity index (χ4v) is 3.67. The summed E-state index contributed by atoms with van der Waals surface area (Å²) < 4.78 is 4.96. The second-order valence-electron chi connectivity index (χ2n) is 6.55. The van der Waals surface area contributed by atoms with Crippen molar-refractivity contribution in [2.75, 3.05) is 30.4 Å². The lowest BCUT2D eigenvalue weighted by Gasteiger charge is -2.29. The summed E-state index contributed by atoms with van der Waals surface area (Å²) >= 11 is 0. The first-order valence-corrected chi connectivity index (χ1v) is 9.18. The van der Waals surface area contributed by atoms with Crippen molar-refractivity contribution in [1.29, 1.82) is 0 Å². The molecule has 0 fully saturated rings. The third-order valence-electron chi connectivity index (χ3n) is 5.03. The average Bonchev–Trinajstić information content (AvgIpc) is 2.67. The number of allylic oxidation sites excluding steroid dienone is 1.